The summed E-state index contributed by atoms with van der Waals surface area (Å²) in [7, 11) is 0. The number of carbonyl (C=O) groups is 2. The van der Waals surface area contributed by atoms with Crippen LogP contribution in [0.2, 0.25) is 5.02 Å². The minimum absolute atomic E-state index is 0.0585. The summed E-state index contributed by atoms with van der Waals surface area (Å²) in [5, 5.41) is 17.9. The van der Waals surface area contributed by atoms with Crippen molar-refractivity contribution in [3.05, 3.63) is 59.8 Å². The van der Waals surface area contributed by atoms with Gasteiger partial charge in [-0.2, -0.15) is 13.9 Å². The van der Waals surface area contributed by atoms with E-state index < -0.39 is 29.4 Å². The smallest absolute Gasteiger partial charge is 0.387 e. The van der Waals surface area contributed by atoms with E-state index in [1.807, 2.05) is 24.8 Å². The molecule has 2 aromatic heterocycles. The molecule has 236 valence electrons. The molecule has 0 aliphatic carbocycles. The molecular formula is C30H36ClF2N7O4. The van der Waals surface area contributed by atoms with Crippen LogP contribution >= 0.6 is 11.6 Å². The van der Waals surface area contributed by atoms with Crippen LogP contribution in [0.3, 0.4) is 0 Å². The molecule has 1 amide bonds. The van der Waals surface area contributed by atoms with Crippen LogP contribution in [-0.2, 0) is 15.1 Å². The predicted octanol–water partition coefficient (Wildman–Crippen LogP) is 4.85. The van der Waals surface area contributed by atoms with Crippen LogP contribution < -0.4 is 15.0 Å². The molecular weight excluding hydrogens is 596 g/mol. The van der Waals surface area contributed by atoms with Gasteiger partial charge in [-0.1, -0.05) is 25.4 Å². The van der Waals surface area contributed by atoms with Gasteiger partial charge in [0.15, 0.2) is 5.75 Å². The summed E-state index contributed by atoms with van der Waals surface area (Å²) in [6.07, 6.45) is 8.10. The number of carboxylic acids is 1. The molecule has 2 aliphatic heterocycles. The number of amides is 1. The first-order valence-corrected chi connectivity index (χ1v) is 15.0. The van der Waals surface area contributed by atoms with E-state index in [9.17, 15) is 23.5 Å². The highest BCUT2D eigenvalue weighted by Crippen LogP contribution is 2.39. The van der Waals surface area contributed by atoms with Gasteiger partial charge in [0.05, 0.1) is 17.3 Å². The molecule has 5 rings (SSSR count). The highest BCUT2D eigenvalue weighted by atomic mass is 35.5. The number of hydrogen-bond donors (Lipinski definition) is 2. The number of carboxylic acid groups (broad SMARTS) is 1. The third-order valence-corrected chi connectivity index (χ3v) is 8.99. The zero-order valence-corrected chi connectivity index (χ0v) is 25.4. The number of aliphatic carboxylic acids is 1. The number of likely N-dealkylation sites (tertiary alicyclic amines) is 1. The number of nitrogens with zero attached hydrogens (tertiary/aromatic N) is 6. The number of hydrogen-bond acceptors (Lipinski definition) is 8. The molecule has 2 fully saturated rings. The molecule has 0 unspecified atom stereocenters. The van der Waals surface area contributed by atoms with Crippen LogP contribution in [0.25, 0.3) is 0 Å². The summed E-state index contributed by atoms with van der Waals surface area (Å²) in [6.45, 7) is 3.21. The number of benzene rings is 1. The first-order valence-electron chi connectivity index (χ1n) is 14.6. The van der Waals surface area contributed by atoms with Crippen molar-refractivity contribution in [2.75, 3.05) is 42.9 Å². The summed E-state index contributed by atoms with van der Waals surface area (Å²) < 4.78 is 32.7. The lowest BCUT2D eigenvalue weighted by molar-refractivity contribution is -0.152. The van der Waals surface area contributed by atoms with E-state index in [0.29, 0.717) is 58.4 Å². The molecule has 0 bridgehead atoms. The minimum atomic E-state index is -3.10. The number of anilines is 2. The van der Waals surface area contributed by atoms with Crippen LogP contribution in [0.5, 0.6) is 5.75 Å². The van der Waals surface area contributed by atoms with Gasteiger partial charge in [-0.05, 0) is 49.8 Å². The second-order valence-electron chi connectivity index (χ2n) is 11.7. The average Bonchev–Trinajstić information content (AvgIpc) is 3.51. The van der Waals surface area contributed by atoms with Gasteiger partial charge < -0.3 is 25.0 Å². The summed E-state index contributed by atoms with van der Waals surface area (Å²) in [5.74, 6) is -0.718. The van der Waals surface area contributed by atoms with Crippen molar-refractivity contribution in [3.8, 4) is 5.75 Å². The van der Waals surface area contributed by atoms with Gasteiger partial charge in [0.1, 0.15) is 11.4 Å². The van der Waals surface area contributed by atoms with Crippen LogP contribution in [0, 0.1) is 5.41 Å². The molecule has 11 nitrogen and oxygen atoms in total. The number of rotatable bonds is 10. The fourth-order valence-corrected chi connectivity index (χ4v) is 6.40. The van der Waals surface area contributed by atoms with Crippen molar-refractivity contribution in [3.63, 3.8) is 0 Å². The highest BCUT2D eigenvalue weighted by molar-refractivity contribution is 6.30. The maximum atomic E-state index is 14.1. The summed E-state index contributed by atoms with van der Waals surface area (Å²) in [5.41, 5.74) is -1.17. The van der Waals surface area contributed by atoms with Gasteiger partial charge in [-0.3, -0.25) is 19.3 Å². The van der Waals surface area contributed by atoms with Gasteiger partial charge in [-0.25, -0.2) is 4.98 Å². The molecule has 0 saturated carbocycles. The van der Waals surface area contributed by atoms with Crippen LogP contribution in [-0.4, -0.2) is 81.0 Å². The Morgan fingerprint density at radius 2 is 1.80 bits per heavy atom. The normalized spacial score (nSPS) is 18.4. The Bertz CT molecular complexity index is 1460. The van der Waals surface area contributed by atoms with Crippen LogP contribution in [0.15, 0.2) is 49.1 Å². The molecule has 2 N–H and O–H groups in total. The summed E-state index contributed by atoms with van der Waals surface area (Å²) in [6, 6.07) is 6.01. The third-order valence-electron chi connectivity index (χ3n) is 8.76. The third kappa shape index (κ3) is 6.48. The van der Waals surface area contributed by atoms with Crippen LogP contribution in [0.4, 0.5) is 20.3 Å². The number of ether oxygens (including phenoxy) is 1. The Balaban J connectivity index is 1.36. The largest absolute Gasteiger partial charge is 0.481 e. The second-order valence-corrected chi connectivity index (χ2v) is 12.2. The number of aromatic nitrogens is 4. The fraction of sp³-hybridized carbons (Fsp3) is 0.500. The van der Waals surface area contributed by atoms with E-state index >= 15 is 0 Å². The SMILES string of the molecule is CC(C)c1ccnn1C1(C(=O)Nc2ccc(Cl)cc2OC(F)F)CCN(CC2(C(=O)O)CCN(c3cnccn3)CC2)CC1. The number of nitrogens with one attached hydrogen (secondary N) is 1. The maximum absolute atomic E-state index is 14.1. The number of halogens is 3. The maximum Gasteiger partial charge on any atom is 0.387 e. The van der Waals surface area contributed by atoms with Crippen molar-refractivity contribution in [2.45, 2.75) is 57.6 Å². The molecule has 14 heteroatoms. The number of alkyl halides is 2. The highest BCUT2D eigenvalue weighted by Gasteiger charge is 2.48. The van der Waals surface area contributed by atoms with Gasteiger partial charge in [0.2, 0.25) is 0 Å². The van der Waals surface area contributed by atoms with Crippen molar-refractivity contribution in [2.24, 2.45) is 5.41 Å². The Morgan fingerprint density at radius 3 is 2.41 bits per heavy atom. The molecule has 2 saturated heterocycles. The minimum Gasteiger partial charge on any atom is -0.481 e. The molecule has 44 heavy (non-hydrogen) atoms. The van der Waals surface area contributed by atoms with E-state index in [4.69, 9.17) is 11.6 Å². The topological polar surface area (TPSA) is 126 Å². The quantitative estimate of drug-likeness (QED) is 0.323. The standard InChI is InChI=1S/C30H36ClF2N7O4/c1-20(2)23-5-10-36-40(23)30(26(41)37-22-4-3-21(31)17-24(22)44-28(32)33)8-13-38(14-9-30)19-29(27(42)43)6-15-39(16-7-29)25-18-34-11-12-35-25/h3-5,10-12,17-18,20,28H,6-9,13-16,19H2,1-2H3,(H,37,41)(H,42,43). The Hall–Kier alpha value is -3.84. The van der Waals surface area contributed by atoms with E-state index in [-0.39, 0.29) is 22.4 Å². The number of piperidine rings is 2. The molecule has 0 atom stereocenters. The van der Waals surface area contributed by atoms with E-state index in [1.54, 1.807) is 29.5 Å². The molecule has 0 spiro atoms. The van der Waals surface area contributed by atoms with Crippen molar-refractivity contribution in [1.82, 2.24) is 24.6 Å². The van der Waals surface area contributed by atoms with E-state index in [0.717, 1.165) is 11.5 Å². The van der Waals surface area contributed by atoms with E-state index in [2.05, 4.69) is 30.0 Å². The molecule has 2 aliphatic rings. The van der Waals surface area contributed by atoms with Gasteiger partial charge in [0, 0.05) is 68.1 Å². The molecule has 0 radical (unpaired) electrons. The monoisotopic (exact) mass is 631 g/mol. The predicted molar refractivity (Wildman–Crippen MR) is 160 cm³/mol. The van der Waals surface area contributed by atoms with Crippen molar-refractivity contribution >= 4 is 35.0 Å². The van der Waals surface area contributed by atoms with Gasteiger partial charge in [0.25, 0.3) is 5.91 Å². The van der Waals surface area contributed by atoms with Crippen LogP contribution in [0.1, 0.15) is 51.1 Å². The second kappa shape index (κ2) is 13.0. The lowest BCUT2D eigenvalue weighted by Crippen LogP contribution is -2.57. The average molecular weight is 632 g/mol. The first kappa shape index (κ1) is 31.6. The summed E-state index contributed by atoms with van der Waals surface area (Å²) in [4.78, 5) is 39.4. The van der Waals surface area contributed by atoms with Crippen molar-refractivity contribution in [1.29, 1.82) is 0 Å². The lowest BCUT2D eigenvalue weighted by Gasteiger charge is -2.46. The Labute approximate surface area is 259 Å². The van der Waals surface area contributed by atoms with Gasteiger partial charge >= 0.3 is 12.6 Å². The Morgan fingerprint density at radius 1 is 1.07 bits per heavy atom. The summed E-state index contributed by atoms with van der Waals surface area (Å²) >= 11 is 6.01. The van der Waals surface area contributed by atoms with Crippen molar-refractivity contribution < 1.29 is 28.2 Å². The molecule has 1 aromatic carbocycles. The molecule has 4 heterocycles. The fourth-order valence-electron chi connectivity index (χ4n) is 6.24. The zero-order chi connectivity index (χ0) is 31.5. The zero-order valence-electron chi connectivity index (χ0n) is 24.6. The first-order chi connectivity index (χ1) is 21.0. The molecule has 3 aromatic rings. The van der Waals surface area contributed by atoms with Gasteiger partial charge in [-0.15, -0.1) is 0 Å². The lowest BCUT2D eigenvalue weighted by atomic mass is 9.76. The number of carbonyl (C=O) groups excluding carboxylic acids is 1. The Kier molecular flexibility index (Phi) is 9.35. The van der Waals surface area contributed by atoms with E-state index in [1.165, 1.54) is 18.2 Å².